The van der Waals surface area contributed by atoms with Crippen molar-refractivity contribution in [1.29, 1.82) is 0 Å². The second-order valence-corrected chi connectivity index (χ2v) is 6.79. The minimum atomic E-state index is -5.08. The summed E-state index contributed by atoms with van der Waals surface area (Å²) in [6, 6.07) is 12.1. The Balaban J connectivity index is 0.000000479. The molecule has 2 aromatic carbocycles. The Morgan fingerprint density at radius 3 is 2.09 bits per heavy atom. The fraction of sp³-hybridized carbons (Fsp3) is 0.273. The van der Waals surface area contributed by atoms with E-state index in [4.69, 9.17) is 20.4 Å². The Kier molecular flexibility index (Phi) is 8.69. The van der Waals surface area contributed by atoms with E-state index in [0.717, 1.165) is 6.42 Å². The zero-order valence-electron chi connectivity index (χ0n) is 17.3. The number of anilines is 1. The van der Waals surface area contributed by atoms with Crippen molar-refractivity contribution >= 4 is 29.2 Å². The third-order valence-corrected chi connectivity index (χ3v) is 4.51. The third kappa shape index (κ3) is 6.62. The number of nitrogens with one attached hydrogen (secondary N) is 1. The molecular formula is C22H21F3N2O6. The molecule has 176 valence electrons. The summed E-state index contributed by atoms with van der Waals surface area (Å²) >= 11 is 0. The molecule has 0 aliphatic heterocycles. The first-order valence-corrected chi connectivity index (χ1v) is 9.79. The third-order valence-electron chi connectivity index (χ3n) is 4.51. The van der Waals surface area contributed by atoms with Gasteiger partial charge >= 0.3 is 18.1 Å². The molecule has 0 atom stereocenters. The lowest BCUT2D eigenvalue weighted by Gasteiger charge is -2.20. The van der Waals surface area contributed by atoms with Crippen LogP contribution in [0.15, 0.2) is 42.5 Å². The predicted molar refractivity (Wildman–Crippen MR) is 111 cm³/mol. The Morgan fingerprint density at radius 2 is 1.52 bits per heavy atom. The average Bonchev–Trinajstić information content (AvgIpc) is 2.79. The highest BCUT2D eigenvalue weighted by molar-refractivity contribution is 6.30. The molecule has 0 bridgehead atoms. The number of aliphatic carboxylic acids is 1. The van der Waals surface area contributed by atoms with Crippen molar-refractivity contribution < 1.29 is 42.2 Å². The maximum absolute atomic E-state index is 12.9. The van der Waals surface area contributed by atoms with E-state index in [1.54, 1.807) is 42.5 Å². The summed E-state index contributed by atoms with van der Waals surface area (Å²) in [5.41, 5.74) is 7.55. The van der Waals surface area contributed by atoms with Gasteiger partial charge in [-0.05, 0) is 18.9 Å². The molecule has 3 rings (SSSR count). The average molecular weight is 466 g/mol. The van der Waals surface area contributed by atoms with Crippen LogP contribution in [0.2, 0.25) is 0 Å². The van der Waals surface area contributed by atoms with Gasteiger partial charge in [-0.3, -0.25) is 14.4 Å². The molecule has 4 N–H and O–H groups in total. The van der Waals surface area contributed by atoms with Crippen LogP contribution >= 0.6 is 0 Å². The summed E-state index contributed by atoms with van der Waals surface area (Å²) in [6.45, 7) is 0.793. The quantitative estimate of drug-likeness (QED) is 0.357. The molecular weight excluding hydrogens is 445 g/mol. The topological polar surface area (TPSA) is 136 Å². The summed E-state index contributed by atoms with van der Waals surface area (Å²) in [6.07, 6.45) is -3.65. The molecule has 0 fully saturated rings. The van der Waals surface area contributed by atoms with Gasteiger partial charge in [-0.2, -0.15) is 13.2 Å². The largest absolute Gasteiger partial charge is 0.490 e. The summed E-state index contributed by atoms with van der Waals surface area (Å²) in [5, 5.41) is 10.3. The molecule has 8 nitrogen and oxygen atoms in total. The van der Waals surface area contributed by atoms with Crippen LogP contribution in [-0.4, -0.2) is 54.5 Å². The number of esters is 1. The molecule has 0 saturated carbocycles. The van der Waals surface area contributed by atoms with Gasteiger partial charge in [0.25, 0.3) is 0 Å². The molecule has 1 aliphatic carbocycles. The van der Waals surface area contributed by atoms with E-state index in [0.29, 0.717) is 47.5 Å². The number of hydrogen-bond donors (Lipinski definition) is 3. The van der Waals surface area contributed by atoms with Gasteiger partial charge in [0, 0.05) is 28.9 Å². The molecule has 11 heteroatoms. The summed E-state index contributed by atoms with van der Waals surface area (Å²) in [5.74, 6) is -3.45. The molecule has 0 spiro atoms. The fourth-order valence-electron chi connectivity index (χ4n) is 2.99. The fourth-order valence-corrected chi connectivity index (χ4v) is 2.99. The number of carboxylic acids is 1. The van der Waals surface area contributed by atoms with Gasteiger partial charge < -0.3 is 20.9 Å². The Labute approximate surface area is 186 Å². The molecule has 0 aromatic heterocycles. The van der Waals surface area contributed by atoms with Crippen LogP contribution in [0.3, 0.4) is 0 Å². The van der Waals surface area contributed by atoms with Gasteiger partial charge in [0.05, 0.1) is 18.7 Å². The number of hydrogen-bond acceptors (Lipinski definition) is 7. The highest BCUT2D eigenvalue weighted by Crippen LogP contribution is 2.31. The smallest absolute Gasteiger partial charge is 0.475 e. The number of benzene rings is 2. The Hall–Kier alpha value is -3.73. The maximum Gasteiger partial charge on any atom is 0.490 e. The Morgan fingerprint density at radius 1 is 0.939 bits per heavy atom. The number of rotatable bonds is 7. The van der Waals surface area contributed by atoms with Crippen molar-refractivity contribution in [1.82, 2.24) is 0 Å². The van der Waals surface area contributed by atoms with E-state index in [9.17, 15) is 27.6 Å². The standard InChI is InChI=1S/C20H20N2O4.C2HF3O2/c21-12-17(23)26-11-4-3-10-22-16-9-5-8-15-18(16)20(25)14-7-2-1-6-13(14)19(15)24;3-2(4,5)1(6)7/h1-2,5-9,22H,3-4,10-12,21H2;(H,6,7). The summed E-state index contributed by atoms with van der Waals surface area (Å²) in [4.78, 5) is 45.4. The van der Waals surface area contributed by atoms with Gasteiger partial charge in [0.15, 0.2) is 11.6 Å². The molecule has 0 saturated heterocycles. The first-order chi connectivity index (χ1) is 15.6. The first kappa shape index (κ1) is 25.5. The lowest BCUT2D eigenvalue weighted by Crippen LogP contribution is -2.22. The molecule has 0 amide bonds. The number of carbonyl (C=O) groups is 4. The molecule has 33 heavy (non-hydrogen) atoms. The summed E-state index contributed by atoms with van der Waals surface area (Å²) < 4.78 is 36.6. The van der Waals surface area contributed by atoms with Crippen LogP contribution in [0.4, 0.5) is 18.9 Å². The monoisotopic (exact) mass is 466 g/mol. The zero-order chi connectivity index (χ0) is 24.6. The van der Waals surface area contributed by atoms with Gasteiger partial charge in [0.1, 0.15) is 0 Å². The lowest BCUT2D eigenvalue weighted by molar-refractivity contribution is -0.192. The lowest BCUT2D eigenvalue weighted by atomic mass is 9.83. The van der Waals surface area contributed by atoms with Crippen molar-refractivity contribution in [3.8, 4) is 0 Å². The number of carbonyl (C=O) groups excluding carboxylic acids is 3. The van der Waals surface area contributed by atoms with Crippen molar-refractivity contribution in [2.24, 2.45) is 5.73 Å². The first-order valence-electron chi connectivity index (χ1n) is 9.79. The van der Waals surface area contributed by atoms with Crippen LogP contribution in [0.25, 0.3) is 0 Å². The normalized spacial score (nSPS) is 12.1. The van der Waals surface area contributed by atoms with Crippen molar-refractivity contribution in [2.75, 3.05) is 25.0 Å². The van der Waals surface area contributed by atoms with Crippen LogP contribution in [0, 0.1) is 0 Å². The molecule has 0 unspecified atom stereocenters. The number of ketones is 2. The van der Waals surface area contributed by atoms with Crippen molar-refractivity contribution in [3.05, 3.63) is 64.7 Å². The van der Waals surface area contributed by atoms with Crippen LogP contribution < -0.4 is 11.1 Å². The zero-order valence-corrected chi connectivity index (χ0v) is 17.3. The second-order valence-electron chi connectivity index (χ2n) is 6.79. The number of halogens is 3. The number of fused-ring (bicyclic) bond motifs is 2. The van der Waals surface area contributed by atoms with E-state index < -0.39 is 18.1 Å². The molecule has 0 radical (unpaired) electrons. The van der Waals surface area contributed by atoms with Gasteiger partial charge in [-0.25, -0.2) is 4.79 Å². The molecule has 2 aromatic rings. The number of ether oxygens (including phenoxy) is 1. The van der Waals surface area contributed by atoms with E-state index in [1.807, 2.05) is 0 Å². The van der Waals surface area contributed by atoms with Crippen molar-refractivity contribution in [3.63, 3.8) is 0 Å². The van der Waals surface area contributed by atoms with E-state index >= 15 is 0 Å². The van der Waals surface area contributed by atoms with Gasteiger partial charge in [0.2, 0.25) is 0 Å². The van der Waals surface area contributed by atoms with Gasteiger partial charge in [-0.1, -0.05) is 36.4 Å². The van der Waals surface area contributed by atoms with E-state index in [-0.39, 0.29) is 18.1 Å². The van der Waals surface area contributed by atoms with Crippen LogP contribution in [0.5, 0.6) is 0 Å². The van der Waals surface area contributed by atoms with E-state index in [1.165, 1.54) is 0 Å². The summed E-state index contributed by atoms with van der Waals surface area (Å²) in [7, 11) is 0. The van der Waals surface area contributed by atoms with Crippen LogP contribution in [-0.2, 0) is 14.3 Å². The van der Waals surface area contributed by atoms with Crippen molar-refractivity contribution in [2.45, 2.75) is 19.0 Å². The number of carboxylic acid groups (broad SMARTS) is 1. The number of nitrogens with two attached hydrogens (primary N) is 1. The highest BCUT2D eigenvalue weighted by atomic mass is 19.4. The maximum atomic E-state index is 12.9. The van der Waals surface area contributed by atoms with Crippen LogP contribution in [0.1, 0.15) is 44.7 Å². The van der Waals surface area contributed by atoms with E-state index in [2.05, 4.69) is 5.32 Å². The molecule has 1 aliphatic rings. The highest BCUT2D eigenvalue weighted by Gasteiger charge is 2.38. The number of alkyl halides is 3. The Bertz CT molecular complexity index is 1050. The second kappa shape index (κ2) is 11.2. The number of unbranched alkanes of at least 4 members (excludes halogenated alkanes) is 1. The SMILES string of the molecule is NCC(=O)OCCCCNc1cccc2c1C(=O)c1ccccc1C2=O.O=C(O)C(F)(F)F. The molecule has 0 heterocycles. The van der Waals surface area contributed by atoms with Gasteiger partial charge in [-0.15, -0.1) is 0 Å². The predicted octanol–water partition coefficient (Wildman–Crippen LogP) is 2.79. The minimum absolute atomic E-state index is 0.119. The minimum Gasteiger partial charge on any atom is -0.475 e.